The number of ether oxygens (including phenoxy) is 1. The van der Waals surface area contributed by atoms with Gasteiger partial charge in [0.05, 0.1) is 18.1 Å². The second-order valence-corrected chi connectivity index (χ2v) is 6.07. The molecule has 3 rings (SSSR count). The van der Waals surface area contributed by atoms with Gasteiger partial charge in [0.25, 0.3) is 11.8 Å². The van der Waals surface area contributed by atoms with Crippen LogP contribution in [0.25, 0.3) is 0 Å². The van der Waals surface area contributed by atoms with Crippen LogP contribution in [0.3, 0.4) is 0 Å². The molecule has 1 aromatic rings. The van der Waals surface area contributed by atoms with E-state index in [1.807, 2.05) is 0 Å². The maximum Gasteiger partial charge on any atom is 0.257 e. The number of amides is 1. The number of nitrogens with zero attached hydrogens (tertiary/aromatic N) is 3. The van der Waals surface area contributed by atoms with Crippen molar-refractivity contribution in [3.05, 3.63) is 24.3 Å². The standard InChI is InChI=1S/C15H19F2N3O2/c16-15(17)3-4-20(14(21)12-5-18-10-19-6-12)7-13(15)9-22-8-11-1-2-11/h5-6,10-11,13H,1-4,7-9H2. The molecular weight excluding hydrogens is 292 g/mol. The maximum atomic E-state index is 14.0. The Kier molecular flexibility index (Phi) is 4.33. The van der Waals surface area contributed by atoms with Crippen LogP contribution in [0.15, 0.2) is 18.7 Å². The van der Waals surface area contributed by atoms with Gasteiger partial charge in [-0.1, -0.05) is 0 Å². The van der Waals surface area contributed by atoms with E-state index in [4.69, 9.17) is 4.74 Å². The van der Waals surface area contributed by atoms with Crippen molar-refractivity contribution in [2.75, 3.05) is 26.3 Å². The normalized spacial score (nSPS) is 24.3. The van der Waals surface area contributed by atoms with Gasteiger partial charge in [-0.3, -0.25) is 4.79 Å². The molecule has 0 spiro atoms. The Balaban J connectivity index is 1.60. The Morgan fingerprint density at radius 2 is 2.05 bits per heavy atom. The van der Waals surface area contributed by atoms with E-state index in [1.54, 1.807) is 0 Å². The van der Waals surface area contributed by atoms with E-state index in [2.05, 4.69) is 9.97 Å². The molecule has 0 radical (unpaired) electrons. The minimum Gasteiger partial charge on any atom is -0.381 e. The lowest BCUT2D eigenvalue weighted by atomic mass is 9.94. The molecule has 2 aliphatic rings. The summed E-state index contributed by atoms with van der Waals surface area (Å²) < 4.78 is 33.4. The Hall–Kier alpha value is -1.63. The van der Waals surface area contributed by atoms with Crippen molar-refractivity contribution in [1.82, 2.24) is 14.9 Å². The molecule has 0 N–H and O–H groups in total. The number of rotatable bonds is 5. The fourth-order valence-corrected chi connectivity index (χ4v) is 2.59. The van der Waals surface area contributed by atoms with Gasteiger partial charge in [0, 0.05) is 38.5 Å². The predicted octanol–water partition coefficient (Wildman–Crippen LogP) is 2.00. The zero-order chi connectivity index (χ0) is 15.6. The summed E-state index contributed by atoms with van der Waals surface area (Å²) in [5.74, 6) is -3.50. The fourth-order valence-electron chi connectivity index (χ4n) is 2.59. The average Bonchev–Trinajstić information content (AvgIpc) is 3.33. The summed E-state index contributed by atoms with van der Waals surface area (Å²) in [4.78, 5) is 21.3. The summed E-state index contributed by atoms with van der Waals surface area (Å²) in [6, 6.07) is 0. The smallest absolute Gasteiger partial charge is 0.257 e. The lowest BCUT2D eigenvalue weighted by Gasteiger charge is -2.38. The number of carbonyl (C=O) groups excluding carboxylic acids is 1. The van der Waals surface area contributed by atoms with Crippen molar-refractivity contribution in [2.24, 2.45) is 11.8 Å². The molecule has 1 unspecified atom stereocenters. The molecule has 1 saturated heterocycles. The summed E-state index contributed by atoms with van der Waals surface area (Å²) in [6.07, 6.45) is 6.06. The van der Waals surface area contributed by atoms with Gasteiger partial charge in [0.15, 0.2) is 0 Å². The van der Waals surface area contributed by atoms with E-state index in [-0.39, 0.29) is 32.0 Å². The second kappa shape index (κ2) is 6.24. The van der Waals surface area contributed by atoms with Crippen LogP contribution in [0.1, 0.15) is 29.6 Å². The number of halogens is 2. The third-order valence-corrected chi connectivity index (χ3v) is 4.22. The van der Waals surface area contributed by atoms with Gasteiger partial charge in [-0.15, -0.1) is 0 Å². The van der Waals surface area contributed by atoms with Crippen LogP contribution in [-0.2, 0) is 4.74 Å². The van der Waals surface area contributed by atoms with Gasteiger partial charge < -0.3 is 9.64 Å². The third kappa shape index (κ3) is 3.58. The topological polar surface area (TPSA) is 55.3 Å². The lowest BCUT2D eigenvalue weighted by molar-refractivity contribution is -0.122. The summed E-state index contributed by atoms with van der Waals surface area (Å²) >= 11 is 0. The maximum absolute atomic E-state index is 14.0. The second-order valence-electron chi connectivity index (χ2n) is 6.07. The zero-order valence-corrected chi connectivity index (χ0v) is 12.3. The molecule has 22 heavy (non-hydrogen) atoms. The van der Waals surface area contributed by atoms with Crippen molar-refractivity contribution >= 4 is 5.91 Å². The highest BCUT2D eigenvalue weighted by atomic mass is 19.3. The van der Waals surface area contributed by atoms with Crippen LogP contribution in [0.4, 0.5) is 8.78 Å². The van der Waals surface area contributed by atoms with Crippen molar-refractivity contribution in [3.8, 4) is 0 Å². The molecule has 2 heterocycles. The van der Waals surface area contributed by atoms with E-state index < -0.39 is 11.8 Å². The van der Waals surface area contributed by atoms with Crippen molar-refractivity contribution in [1.29, 1.82) is 0 Å². The molecular formula is C15H19F2N3O2. The molecule has 1 aliphatic heterocycles. The first kappa shape index (κ1) is 15.3. The van der Waals surface area contributed by atoms with E-state index in [0.717, 1.165) is 12.8 Å². The quantitative estimate of drug-likeness (QED) is 0.834. The molecule has 7 heteroatoms. The SMILES string of the molecule is O=C(c1cncnc1)N1CCC(F)(F)C(COCC2CC2)C1. The van der Waals surface area contributed by atoms with Crippen LogP contribution in [0.5, 0.6) is 0 Å². The minimum absolute atomic E-state index is 0.00142. The van der Waals surface area contributed by atoms with Crippen LogP contribution in [0.2, 0.25) is 0 Å². The highest BCUT2D eigenvalue weighted by molar-refractivity contribution is 5.93. The summed E-state index contributed by atoms with van der Waals surface area (Å²) in [5.41, 5.74) is 0.324. The Labute approximate surface area is 127 Å². The number of hydrogen-bond donors (Lipinski definition) is 0. The van der Waals surface area contributed by atoms with Crippen molar-refractivity contribution in [2.45, 2.75) is 25.2 Å². The van der Waals surface area contributed by atoms with Gasteiger partial charge in [-0.25, -0.2) is 18.7 Å². The van der Waals surface area contributed by atoms with E-state index in [0.29, 0.717) is 18.1 Å². The van der Waals surface area contributed by atoms with Crippen LogP contribution < -0.4 is 0 Å². The summed E-state index contributed by atoms with van der Waals surface area (Å²) in [5, 5.41) is 0. The number of carbonyl (C=O) groups is 1. The number of likely N-dealkylation sites (tertiary alicyclic amines) is 1. The van der Waals surface area contributed by atoms with E-state index in [1.165, 1.54) is 23.6 Å². The molecule has 2 fully saturated rings. The molecule has 1 aliphatic carbocycles. The first-order valence-corrected chi connectivity index (χ1v) is 7.56. The zero-order valence-electron chi connectivity index (χ0n) is 12.3. The Morgan fingerprint density at radius 1 is 1.32 bits per heavy atom. The molecule has 0 bridgehead atoms. The molecule has 1 aromatic heterocycles. The number of alkyl halides is 2. The summed E-state index contributed by atoms with van der Waals surface area (Å²) in [7, 11) is 0. The van der Waals surface area contributed by atoms with Crippen molar-refractivity contribution < 1.29 is 18.3 Å². The molecule has 120 valence electrons. The van der Waals surface area contributed by atoms with Crippen LogP contribution in [-0.4, -0.2) is 53.0 Å². The predicted molar refractivity (Wildman–Crippen MR) is 74.5 cm³/mol. The van der Waals surface area contributed by atoms with Gasteiger partial charge in [0.2, 0.25) is 0 Å². The number of hydrogen-bond acceptors (Lipinski definition) is 4. The largest absolute Gasteiger partial charge is 0.381 e. The third-order valence-electron chi connectivity index (χ3n) is 4.22. The van der Waals surface area contributed by atoms with Gasteiger partial charge >= 0.3 is 0 Å². The first-order chi connectivity index (χ1) is 10.6. The van der Waals surface area contributed by atoms with Gasteiger partial charge in [-0.2, -0.15) is 0 Å². The molecule has 1 saturated carbocycles. The van der Waals surface area contributed by atoms with Gasteiger partial charge in [0.1, 0.15) is 6.33 Å². The molecule has 5 nitrogen and oxygen atoms in total. The Bertz CT molecular complexity index is 523. The monoisotopic (exact) mass is 311 g/mol. The summed E-state index contributed by atoms with van der Waals surface area (Å²) in [6.45, 7) is 0.594. The fraction of sp³-hybridized carbons (Fsp3) is 0.667. The minimum atomic E-state index is -2.78. The van der Waals surface area contributed by atoms with E-state index >= 15 is 0 Å². The Morgan fingerprint density at radius 3 is 2.73 bits per heavy atom. The average molecular weight is 311 g/mol. The first-order valence-electron chi connectivity index (χ1n) is 7.56. The van der Waals surface area contributed by atoms with Crippen molar-refractivity contribution in [3.63, 3.8) is 0 Å². The molecule has 1 atom stereocenters. The number of aromatic nitrogens is 2. The van der Waals surface area contributed by atoms with Crippen LogP contribution in [0, 0.1) is 11.8 Å². The number of piperidine rings is 1. The molecule has 0 aromatic carbocycles. The highest BCUT2D eigenvalue weighted by Gasteiger charge is 2.45. The van der Waals surface area contributed by atoms with Gasteiger partial charge in [-0.05, 0) is 18.8 Å². The highest BCUT2D eigenvalue weighted by Crippen LogP contribution is 2.35. The molecule has 1 amide bonds. The van der Waals surface area contributed by atoms with E-state index in [9.17, 15) is 13.6 Å². The van der Waals surface area contributed by atoms with Crippen LogP contribution >= 0.6 is 0 Å². The lowest BCUT2D eigenvalue weighted by Crippen LogP contribution is -2.51.